The number of carbonyl (C=O) groups is 4. The van der Waals surface area contributed by atoms with E-state index in [4.69, 9.17) is 19.2 Å². The lowest BCUT2D eigenvalue weighted by Crippen LogP contribution is -2.47. The Kier molecular flexibility index (Phi) is 10.2. The van der Waals surface area contributed by atoms with E-state index in [2.05, 4.69) is 16.0 Å². The number of cyclic esters (lactones) is 1. The van der Waals surface area contributed by atoms with Gasteiger partial charge in [-0.05, 0) is 84.5 Å². The molecule has 5 aromatic rings. The first-order valence-electron chi connectivity index (χ1n) is 20.4. The van der Waals surface area contributed by atoms with Crippen LogP contribution in [0.3, 0.4) is 0 Å². The molecule has 15 heteroatoms. The van der Waals surface area contributed by atoms with Gasteiger partial charge >= 0.3 is 12.1 Å². The number of aromatic nitrogens is 2. The lowest BCUT2D eigenvalue weighted by molar-refractivity contribution is -0.172. The van der Waals surface area contributed by atoms with E-state index in [9.17, 15) is 33.5 Å². The van der Waals surface area contributed by atoms with Crippen LogP contribution in [-0.4, -0.2) is 64.0 Å². The third-order valence-corrected chi connectivity index (χ3v) is 12.4. The molecule has 2 aliphatic carbocycles. The van der Waals surface area contributed by atoms with Gasteiger partial charge in [0.15, 0.2) is 5.60 Å². The van der Waals surface area contributed by atoms with E-state index >= 15 is 0 Å². The summed E-state index contributed by atoms with van der Waals surface area (Å²) in [6, 6.07) is 19.6. The van der Waals surface area contributed by atoms with Gasteiger partial charge in [0.25, 0.3) is 5.56 Å². The molecule has 4 N–H and O–H groups in total. The Bertz CT molecular complexity index is 2690. The third kappa shape index (κ3) is 7.00. The zero-order chi connectivity index (χ0) is 42.7. The fraction of sp³-hybridized carbons (Fsp3) is 0.348. The first-order chi connectivity index (χ1) is 29.4. The Balaban J connectivity index is 0.857. The van der Waals surface area contributed by atoms with Crippen molar-refractivity contribution in [3.05, 3.63) is 122 Å². The number of carbonyl (C=O) groups excluding carboxylic acids is 4. The number of nitrogens with zero attached hydrogens (tertiary/aromatic N) is 2. The van der Waals surface area contributed by atoms with Crippen molar-refractivity contribution in [2.24, 2.45) is 5.92 Å². The quantitative estimate of drug-likeness (QED) is 0.0973. The lowest BCUT2D eigenvalue weighted by atomic mass is 9.86. The Hall–Kier alpha value is -6.45. The average molecular weight is 830 g/mol. The van der Waals surface area contributed by atoms with Crippen molar-refractivity contribution in [1.29, 1.82) is 0 Å². The van der Waals surface area contributed by atoms with Gasteiger partial charge in [-0.25, -0.2) is 19.0 Å². The van der Waals surface area contributed by atoms with Gasteiger partial charge in [-0.2, -0.15) is 0 Å². The van der Waals surface area contributed by atoms with Crippen LogP contribution in [0.4, 0.5) is 9.18 Å². The summed E-state index contributed by atoms with van der Waals surface area (Å²) in [5.74, 6) is -2.50. The average Bonchev–Trinajstić information content (AvgIpc) is 3.96. The van der Waals surface area contributed by atoms with E-state index in [1.54, 1.807) is 26.0 Å². The normalized spacial score (nSPS) is 18.2. The Morgan fingerprint density at radius 3 is 2.39 bits per heavy atom. The summed E-state index contributed by atoms with van der Waals surface area (Å²) < 4.78 is 33.2. The van der Waals surface area contributed by atoms with Crippen molar-refractivity contribution in [1.82, 2.24) is 25.5 Å². The second-order valence-electron chi connectivity index (χ2n) is 16.2. The van der Waals surface area contributed by atoms with Crippen molar-refractivity contribution in [2.45, 2.75) is 83.4 Å². The smallest absolute Gasteiger partial charge is 0.407 e. The molecule has 0 spiro atoms. The van der Waals surface area contributed by atoms with E-state index in [0.29, 0.717) is 39.0 Å². The maximum absolute atomic E-state index is 15.0. The largest absolute Gasteiger partial charge is 0.458 e. The van der Waals surface area contributed by atoms with Gasteiger partial charge in [0.05, 0.1) is 29.0 Å². The number of rotatable bonds is 12. The van der Waals surface area contributed by atoms with Crippen LogP contribution in [0, 0.1) is 18.7 Å². The third-order valence-electron chi connectivity index (χ3n) is 12.4. The number of esters is 1. The molecule has 0 radical (unpaired) electrons. The number of aliphatic hydroxyl groups is 1. The van der Waals surface area contributed by atoms with Crippen molar-refractivity contribution >= 4 is 34.8 Å². The molecule has 9 rings (SSSR count). The van der Waals surface area contributed by atoms with Crippen LogP contribution < -0.4 is 21.5 Å². The van der Waals surface area contributed by atoms with Crippen molar-refractivity contribution in [2.75, 3.05) is 13.3 Å². The number of nitrogens with one attached hydrogen (secondary N) is 3. The number of amides is 3. The molecule has 3 aromatic carbocycles. The van der Waals surface area contributed by atoms with Crippen LogP contribution in [0.1, 0.15) is 78.0 Å². The monoisotopic (exact) mass is 829 g/mol. The SMILES string of the molecule is CC[C@@]1(O)C(=O)OCc2c1cc1n(c2=O)Cc2c-1nc1cc(F)c(C)cc1c2CNC(=O)[C@H](OCNC(=O)[C@H](C)NC(=O)OCC1c2ccccc2-c2ccccc21)C1CC1. The van der Waals surface area contributed by atoms with Gasteiger partial charge in [0, 0.05) is 35.0 Å². The van der Waals surface area contributed by atoms with Gasteiger partial charge < -0.3 is 39.8 Å². The Morgan fingerprint density at radius 2 is 1.70 bits per heavy atom. The highest BCUT2D eigenvalue weighted by atomic mass is 19.1. The standard InChI is InChI=1S/C46H44FN5O9/c1-4-46(58)35-16-38-39-32(19-52(38)43(55)34(35)21-59-44(46)56)31(30-15-23(2)36(47)17-37(30)51-39)18-48-42(54)40(25-13-14-25)61-22-49-41(53)24(3)50-45(57)60-20-33-28-11-7-5-9-26(28)27-10-6-8-12-29(27)33/h5-12,15-17,24-25,33,40,58H,4,13-14,18-22H2,1-3H3,(H,48,54)(H,49,53)(H,50,57)/t24-,40+,46-/m0/s1. The zero-order valence-electron chi connectivity index (χ0n) is 33.8. The van der Waals surface area contributed by atoms with Crippen molar-refractivity contribution in [3.63, 3.8) is 0 Å². The summed E-state index contributed by atoms with van der Waals surface area (Å²) in [6.07, 6.45) is -0.171. The molecule has 4 aliphatic rings. The fourth-order valence-corrected chi connectivity index (χ4v) is 8.83. The van der Waals surface area contributed by atoms with Gasteiger partial charge in [0.1, 0.15) is 37.9 Å². The van der Waals surface area contributed by atoms with Crippen molar-refractivity contribution < 1.29 is 42.9 Å². The molecule has 14 nitrogen and oxygen atoms in total. The molecule has 61 heavy (non-hydrogen) atoms. The molecule has 1 fully saturated rings. The van der Waals surface area contributed by atoms with Crippen LogP contribution >= 0.6 is 0 Å². The molecule has 1 saturated carbocycles. The molecule has 2 aromatic heterocycles. The first kappa shape index (κ1) is 40.0. The van der Waals surface area contributed by atoms with Gasteiger partial charge in [-0.1, -0.05) is 55.5 Å². The predicted molar refractivity (Wildman–Crippen MR) is 219 cm³/mol. The summed E-state index contributed by atoms with van der Waals surface area (Å²) >= 11 is 0. The highest BCUT2D eigenvalue weighted by molar-refractivity contribution is 5.91. The second-order valence-corrected chi connectivity index (χ2v) is 16.2. The molecule has 0 unspecified atom stereocenters. The second kappa shape index (κ2) is 15.5. The highest BCUT2D eigenvalue weighted by Crippen LogP contribution is 2.45. The summed E-state index contributed by atoms with van der Waals surface area (Å²) in [5, 5.41) is 20.1. The van der Waals surface area contributed by atoms with E-state index in [0.717, 1.165) is 35.1 Å². The first-order valence-corrected chi connectivity index (χ1v) is 20.4. The Morgan fingerprint density at radius 1 is 1.00 bits per heavy atom. The number of alkyl carbamates (subject to hydrolysis) is 1. The zero-order valence-corrected chi connectivity index (χ0v) is 33.8. The van der Waals surface area contributed by atoms with Gasteiger partial charge in [-0.3, -0.25) is 14.4 Å². The van der Waals surface area contributed by atoms with Gasteiger partial charge in [0.2, 0.25) is 11.8 Å². The number of aryl methyl sites for hydroxylation is 1. The number of halogens is 1. The molecular formula is C46H44FN5O9. The van der Waals surface area contributed by atoms with Crippen LogP contribution in [0.5, 0.6) is 0 Å². The summed E-state index contributed by atoms with van der Waals surface area (Å²) in [7, 11) is 0. The van der Waals surface area contributed by atoms with E-state index in [1.165, 1.54) is 17.6 Å². The molecule has 0 saturated heterocycles. The number of ether oxygens (including phenoxy) is 3. The fourth-order valence-electron chi connectivity index (χ4n) is 8.83. The minimum Gasteiger partial charge on any atom is -0.458 e. The topological polar surface area (TPSA) is 187 Å². The number of hydrogen-bond donors (Lipinski definition) is 4. The molecule has 314 valence electrons. The van der Waals surface area contributed by atoms with E-state index in [-0.39, 0.29) is 62.4 Å². The molecule has 4 heterocycles. The van der Waals surface area contributed by atoms with E-state index in [1.807, 2.05) is 48.5 Å². The van der Waals surface area contributed by atoms with E-state index < -0.39 is 53.0 Å². The van der Waals surface area contributed by atoms with Crippen LogP contribution in [-0.2, 0) is 53.9 Å². The molecule has 0 bridgehead atoms. The predicted octanol–water partition coefficient (Wildman–Crippen LogP) is 4.94. The summed E-state index contributed by atoms with van der Waals surface area (Å²) in [6.45, 7) is 4.34. The van der Waals surface area contributed by atoms with Gasteiger partial charge in [-0.15, -0.1) is 0 Å². The lowest BCUT2D eigenvalue weighted by Gasteiger charge is -2.31. The van der Waals surface area contributed by atoms with Crippen LogP contribution in [0.2, 0.25) is 0 Å². The summed E-state index contributed by atoms with van der Waals surface area (Å²) in [4.78, 5) is 70.9. The minimum atomic E-state index is -2.02. The molecule has 3 atom stereocenters. The number of fused-ring (bicyclic) bond motifs is 8. The van der Waals surface area contributed by atoms with Crippen molar-refractivity contribution in [3.8, 4) is 22.5 Å². The minimum absolute atomic E-state index is 0.0196. The number of hydrogen-bond acceptors (Lipinski definition) is 10. The molecular weight excluding hydrogens is 786 g/mol. The molecule has 3 amide bonds. The maximum Gasteiger partial charge on any atom is 0.407 e. The number of pyridine rings is 2. The highest BCUT2D eigenvalue weighted by Gasteiger charge is 2.46. The summed E-state index contributed by atoms with van der Waals surface area (Å²) in [5.41, 5.74) is 4.83. The number of benzene rings is 3. The van der Waals surface area contributed by atoms with Crippen LogP contribution in [0.15, 0.2) is 71.5 Å². The maximum atomic E-state index is 15.0. The molecule has 2 aliphatic heterocycles. The Labute approximate surface area is 349 Å². The van der Waals surface area contributed by atoms with Crippen LogP contribution in [0.25, 0.3) is 33.4 Å².